The molecule has 0 rings (SSSR count). The van der Waals surface area contributed by atoms with E-state index >= 15 is 0 Å². The third-order valence-electron chi connectivity index (χ3n) is 2.15. The Morgan fingerprint density at radius 1 is 1.00 bits per heavy atom. The molecule has 0 aromatic rings. The first-order chi connectivity index (χ1) is 8.24. The molecule has 100 valence electrons. The summed E-state index contributed by atoms with van der Waals surface area (Å²) >= 11 is 0. The van der Waals surface area contributed by atoms with Crippen LogP contribution in [0.15, 0.2) is 5.11 Å². The van der Waals surface area contributed by atoms with E-state index in [0.29, 0.717) is 26.4 Å². The topological polar surface area (TPSA) is 76.5 Å². The van der Waals surface area contributed by atoms with Crippen molar-refractivity contribution in [3.8, 4) is 0 Å². The molecule has 0 amide bonds. The summed E-state index contributed by atoms with van der Waals surface area (Å²) in [5.74, 6) is 0. The lowest BCUT2D eigenvalue weighted by Gasteiger charge is -2.28. The minimum atomic E-state index is -2.49. The highest BCUT2D eigenvalue weighted by molar-refractivity contribution is 6.60. The van der Waals surface area contributed by atoms with Gasteiger partial charge < -0.3 is 13.3 Å². The van der Waals surface area contributed by atoms with E-state index in [9.17, 15) is 0 Å². The molecule has 0 radical (unpaired) electrons. The fraction of sp³-hybridized carbons (Fsp3) is 1.00. The van der Waals surface area contributed by atoms with E-state index in [2.05, 4.69) is 10.0 Å². The second-order valence-corrected chi connectivity index (χ2v) is 6.13. The fourth-order valence-electron chi connectivity index (χ4n) is 1.57. The van der Waals surface area contributed by atoms with Gasteiger partial charge in [0.25, 0.3) is 0 Å². The van der Waals surface area contributed by atoms with Crippen LogP contribution < -0.4 is 0 Å². The number of hydrogen-bond acceptors (Lipinski definition) is 4. The van der Waals surface area contributed by atoms with Crippen LogP contribution in [0.1, 0.15) is 33.6 Å². The Bertz CT molecular complexity index is 218. The standard InChI is InChI=1S/C10H23N3O3Si/c1-4-14-17(15-5-2,16-6-3)10-8-7-9-12-13-11/h4-10H2,1-3H3. The minimum absolute atomic E-state index is 0.519. The minimum Gasteiger partial charge on any atom is -0.374 e. The van der Waals surface area contributed by atoms with Crippen LogP contribution in [0, 0.1) is 0 Å². The predicted octanol–water partition coefficient (Wildman–Crippen LogP) is 3.13. The van der Waals surface area contributed by atoms with Crippen molar-refractivity contribution >= 4 is 8.80 Å². The Kier molecular flexibility index (Phi) is 10.2. The van der Waals surface area contributed by atoms with Gasteiger partial charge in [0.15, 0.2) is 0 Å². The van der Waals surface area contributed by atoms with Gasteiger partial charge in [-0.1, -0.05) is 5.11 Å². The lowest BCUT2D eigenvalue weighted by atomic mass is 10.3. The lowest BCUT2D eigenvalue weighted by Crippen LogP contribution is -2.45. The van der Waals surface area contributed by atoms with Gasteiger partial charge in [0.1, 0.15) is 0 Å². The second-order valence-electron chi connectivity index (χ2n) is 3.39. The van der Waals surface area contributed by atoms with Crippen molar-refractivity contribution in [3.63, 3.8) is 0 Å². The van der Waals surface area contributed by atoms with Gasteiger partial charge in [0.2, 0.25) is 0 Å². The van der Waals surface area contributed by atoms with Crippen LogP contribution in [-0.2, 0) is 13.3 Å². The molecular formula is C10H23N3O3Si. The Morgan fingerprint density at radius 3 is 1.94 bits per heavy atom. The quantitative estimate of drug-likeness (QED) is 0.188. The molecule has 0 unspecified atom stereocenters. The molecule has 0 aliphatic carbocycles. The first-order valence-electron chi connectivity index (χ1n) is 6.17. The van der Waals surface area contributed by atoms with Crippen LogP contribution >= 0.6 is 0 Å². The molecule has 0 heterocycles. The Morgan fingerprint density at radius 2 is 1.53 bits per heavy atom. The average Bonchev–Trinajstić information content (AvgIpc) is 2.30. The molecule has 0 aromatic carbocycles. The van der Waals surface area contributed by atoms with Gasteiger partial charge in [0.05, 0.1) is 0 Å². The van der Waals surface area contributed by atoms with Gasteiger partial charge in [-0.3, -0.25) is 0 Å². The third-order valence-corrected chi connectivity index (χ3v) is 5.30. The Hall–Kier alpha value is -0.593. The zero-order valence-electron chi connectivity index (χ0n) is 11.0. The highest BCUT2D eigenvalue weighted by Gasteiger charge is 2.39. The number of azide groups is 1. The van der Waals surface area contributed by atoms with E-state index < -0.39 is 8.80 Å². The van der Waals surface area contributed by atoms with Gasteiger partial charge in [-0.15, -0.1) is 0 Å². The number of nitrogens with zero attached hydrogens (tertiary/aromatic N) is 3. The summed E-state index contributed by atoms with van der Waals surface area (Å²) in [6.45, 7) is 8.15. The Balaban J connectivity index is 4.17. The zero-order valence-corrected chi connectivity index (χ0v) is 12.0. The van der Waals surface area contributed by atoms with Gasteiger partial charge >= 0.3 is 8.80 Å². The summed E-state index contributed by atoms with van der Waals surface area (Å²) in [6, 6.07) is 0.781. The van der Waals surface area contributed by atoms with Crippen LogP contribution in [0.5, 0.6) is 0 Å². The normalized spacial score (nSPS) is 11.2. The second kappa shape index (κ2) is 10.6. The van der Waals surface area contributed by atoms with Gasteiger partial charge in [-0.05, 0) is 39.1 Å². The SMILES string of the molecule is CCO[Si](CCCCN=[N+]=[N-])(OCC)OCC. The number of rotatable bonds is 11. The third kappa shape index (κ3) is 7.35. The molecule has 0 aliphatic rings. The highest BCUT2D eigenvalue weighted by atomic mass is 28.4. The van der Waals surface area contributed by atoms with Crippen molar-refractivity contribution in [3.05, 3.63) is 10.4 Å². The van der Waals surface area contributed by atoms with Gasteiger partial charge in [-0.25, -0.2) is 0 Å². The van der Waals surface area contributed by atoms with Crippen LogP contribution in [0.2, 0.25) is 6.04 Å². The lowest BCUT2D eigenvalue weighted by molar-refractivity contribution is 0.0707. The van der Waals surface area contributed by atoms with E-state index in [4.69, 9.17) is 18.8 Å². The first-order valence-corrected chi connectivity index (χ1v) is 8.10. The maximum atomic E-state index is 8.17. The van der Waals surface area contributed by atoms with E-state index in [1.165, 1.54) is 0 Å². The summed E-state index contributed by atoms with van der Waals surface area (Å²) in [6.07, 6.45) is 1.73. The van der Waals surface area contributed by atoms with E-state index in [0.717, 1.165) is 18.9 Å². The molecule has 0 saturated carbocycles. The maximum absolute atomic E-state index is 8.17. The van der Waals surface area contributed by atoms with Crippen LogP contribution in [0.3, 0.4) is 0 Å². The van der Waals surface area contributed by atoms with Crippen LogP contribution in [-0.4, -0.2) is 35.2 Å². The van der Waals surface area contributed by atoms with Crippen molar-refractivity contribution in [1.82, 2.24) is 0 Å². The molecule has 0 bridgehead atoms. The molecule has 0 atom stereocenters. The van der Waals surface area contributed by atoms with Crippen molar-refractivity contribution < 1.29 is 13.3 Å². The van der Waals surface area contributed by atoms with Crippen molar-refractivity contribution in [2.75, 3.05) is 26.4 Å². The molecule has 0 aromatic heterocycles. The molecule has 0 N–H and O–H groups in total. The molecule has 0 spiro atoms. The molecular weight excluding hydrogens is 238 g/mol. The Labute approximate surface area is 104 Å². The average molecular weight is 261 g/mol. The fourth-order valence-corrected chi connectivity index (χ4v) is 4.26. The number of hydrogen-bond donors (Lipinski definition) is 0. The monoisotopic (exact) mass is 261 g/mol. The van der Waals surface area contributed by atoms with Crippen molar-refractivity contribution in [2.24, 2.45) is 5.11 Å². The predicted molar refractivity (Wildman–Crippen MR) is 68.7 cm³/mol. The zero-order chi connectivity index (χ0) is 13.0. The molecule has 6 nitrogen and oxygen atoms in total. The van der Waals surface area contributed by atoms with Gasteiger partial charge in [-0.2, -0.15) is 0 Å². The maximum Gasteiger partial charge on any atom is 0.500 e. The van der Waals surface area contributed by atoms with Gasteiger partial charge in [0, 0.05) is 37.3 Å². The number of unbranched alkanes of at least 4 members (excludes halogenated alkanes) is 1. The smallest absolute Gasteiger partial charge is 0.374 e. The molecule has 7 heteroatoms. The molecule has 17 heavy (non-hydrogen) atoms. The van der Waals surface area contributed by atoms with Crippen LogP contribution in [0.4, 0.5) is 0 Å². The summed E-state index contributed by atoms with van der Waals surface area (Å²) in [7, 11) is -2.49. The summed E-state index contributed by atoms with van der Waals surface area (Å²) < 4.78 is 17.1. The first kappa shape index (κ1) is 16.4. The van der Waals surface area contributed by atoms with Crippen LogP contribution in [0.25, 0.3) is 10.4 Å². The van der Waals surface area contributed by atoms with E-state index in [1.54, 1.807) is 0 Å². The molecule has 0 fully saturated rings. The molecule has 0 saturated heterocycles. The summed E-state index contributed by atoms with van der Waals surface area (Å²) in [4.78, 5) is 2.72. The summed E-state index contributed by atoms with van der Waals surface area (Å²) in [5.41, 5.74) is 8.17. The highest BCUT2D eigenvalue weighted by Crippen LogP contribution is 2.19. The van der Waals surface area contributed by atoms with Crippen molar-refractivity contribution in [1.29, 1.82) is 0 Å². The van der Waals surface area contributed by atoms with E-state index in [1.807, 2.05) is 20.8 Å². The van der Waals surface area contributed by atoms with Crippen molar-refractivity contribution in [2.45, 2.75) is 39.7 Å². The summed E-state index contributed by atoms with van der Waals surface area (Å²) in [5, 5.41) is 3.50. The largest absolute Gasteiger partial charge is 0.500 e. The van der Waals surface area contributed by atoms with E-state index in [-0.39, 0.29) is 0 Å². The molecule has 0 aliphatic heterocycles.